The highest BCUT2D eigenvalue weighted by molar-refractivity contribution is 8.00. The Balaban J connectivity index is 1.91. The molecule has 4 nitrogen and oxygen atoms in total. The van der Waals surface area contributed by atoms with Crippen molar-refractivity contribution in [1.82, 2.24) is 0 Å². The number of aliphatic hydroxyl groups excluding tert-OH is 1. The average molecular weight is 315 g/mol. The number of allylic oxidation sites excluding steroid dienone is 5. The predicted molar refractivity (Wildman–Crippen MR) is 87.6 cm³/mol. The minimum atomic E-state index is -1.08. The van der Waals surface area contributed by atoms with E-state index >= 15 is 0 Å². The number of anilines is 1. The summed E-state index contributed by atoms with van der Waals surface area (Å²) in [5, 5.41) is 12.9. The van der Waals surface area contributed by atoms with Crippen molar-refractivity contribution in [3.05, 3.63) is 60.4 Å². The van der Waals surface area contributed by atoms with Crippen LogP contribution in [0.25, 0.3) is 0 Å². The van der Waals surface area contributed by atoms with Crippen LogP contribution in [0.15, 0.2) is 65.3 Å². The van der Waals surface area contributed by atoms with Crippen LogP contribution in [0.2, 0.25) is 0 Å². The summed E-state index contributed by atoms with van der Waals surface area (Å²) in [4.78, 5) is 13.1. The molecule has 1 aromatic carbocycles. The third-order valence-electron chi connectivity index (χ3n) is 3.68. The summed E-state index contributed by atoms with van der Waals surface area (Å²) in [6, 6.07) is 7.59. The van der Waals surface area contributed by atoms with Gasteiger partial charge in [0, 0.05) is 10.8 Å². The van der Waals surface area contributed by atoms with E-state index in [1.165, 1.54) is 11.8 Å². The lowest BCUT2D eigenvalue weighted by molar-refractivity contribution is -0.124. The second kappa shape index (κ2) is 6.42. The van der Waals surface area contributed by atoms with Crippen LogP contribution in [0.3, 0.4) is 0 Å². The van der Waals surface area contributed by atoms with Gasteiger partial charge in [-0.05, 0) is 24.3 Å². The molecule has 2 aliphatic rings. The van der Waals surface area contributed by atoms with Crippen LogP contribution in [0, 0.1) is 5.92 Å². The zero-order valence-corrected chi connectivity index (χ0v) is 12.9. The average Bonchev–Trinajstić information content (AvgIpc) is 2.84. The van der Waals surface area contributed by atoms with Crippen molar-refractivity contribution in [2.24, 2.45) is 5.92 Å². The normalized spacial score (nSPS) is 27.3. The predicted octanol–water partition coefficient (Wildman–Crippen LogP) is 2.73. The van der Waals surface area contributed by atoms with Crippen LogP contribution >= 0.6 is 11.8 Å². The van der Waals surface area contributed by atoms with Crippen molar-refractivity contribution in [2.75, 3.05) is 12.4 Å². The smallest absolute Gasteiger partial charge is 0.254 e. The van der Waals surface area contributed by atoms with Gasteiger partial charge in [0.15, 0.2) is 0 Å². The number of methoxy groups -OCH3 is 1. The number of fused-ring (bicyclic) bond motifs is 1. The first-order valence-electron chi connectivity index (χ1n) is 7.04. The minimum Gasteiger partial charge on any atom is -0.497 e. The number of aliphatic hydroxyl groups is 1. The Bertz CT molecular complexity index is 666. The summed E-state index contributed by atoms with van der Waals surface area (Å²) in [5.41, 5.74) is 0.747. The van der Waals surface area contributed by atoms with Crippen molar-refractivity contribution < 1.29 is 14.6 Å². The van der Waals surface area contributed by atoms with E-state index in [0.717, 1.165) is 16.3 Å². The highest BCUT2D eigenvalue weighted by atomic mass is 32.2. The monoisotopic (exact) mass is 315 g/mol. The van der Waals surface area contributed by atoms with E-state index in [-0.39, 0.29) is 17.1 Å². The second-order valence-electron chi connectivity index (χ2n) is 5.11. The van der Waals surface area contributed by atoms with Gasteiger partial charge < -0.3 is 15.2 Å². The van der Waals surface area contributed by atoms with Crippen molar-refractivity contribution in [3.8, 4) is 0 Å². The molecule has 2 unspecified atom stereocenters. The molecule has 1 aliphatic carbocycles. The van der Waals surface area contributed by atoms with Gasteiger partial charge >= 0.3 is 0 Å². The summed E-state index contributed by atoms with van der Waals surface area (Å²) in [6.07, 6.45) is 8.47. The van der Waals surface area contributed by atoms with Gasteiger partial charge in [-0.3, -0.25) is 4.79 Å². The molecule has 3 atom stereocenters. The summed E-state index contributed by atoms with van der Waals surface area (Å²) in [5.74, 6) is 0.311. The molecule has 3 rings (SSSR count). The quantitative estimate of drug-likeness (QED) is 0.881. The zero-order chi connectivity index (χ0) is 15.5. The minimum absolute atomic E-state index is 0.0687. The van der Waals surface area contributed by atoms with Crippen LogP contribution in [0.5, 0.6) is 0 Å². The molecule has 1 heterocycles. The lowest BCUT2D eigenvalue weighted by Crippen LogP contribution is -2.38. The molecule has 0 fully saturated rings. The van der Waals surface area contributed by atoms with E-state index in [0.29, 0.717) is 0 Å². The molecule has 0 radical (unpaired) electrons. The lowest BCUT2D eigenvalue weighted by atomic mass is 9.99. The molecule has 0 saturated heterocycles. The third-order valence-corrected chi connectivity index (χ3v) is 5.13. The summed E-state index contributed by atoms with van der Waals surface area (Å²) < 4.78 is 5.21. The summed E-state index contributed by atoms with van der Waals surface area (Å²) in [6.45, 7) is 0. The van der Waals surface area contributed by atoms with E-state index in [2.05, 4.69) is 5.32 Å². The highest BCUT2D eigenvalue weighted by Crippen LogP contribution is 2.39. The Morgan fingerprint density at radius 2 is 2.09 bits per heavy atom. The Labute approximate surface area is 133 Å². The molecule has 1 amide bonds. The number of nitrogens with one attached hydrogen (secondary N) is 1. The molecule has 0 saturated carbocycles. The van der Waals surface area contributed by atoms with E-state index in [4.69, 9.17) is 4.74 Å². The van der Waals surface area contributed by atoms with Gasteiger partial charge in [-0.25, -0.2) is 0 Å². The number of benzene rings is 1. The Morgan fingerprint density at radius 3 is 2.91 bits per heavy atom. The summed E-state index contributed by atoms with van der Waals surface area (Å²) in [7, 11) is 1.61. The van der Waals surface area contributed by atoms with Crippen LogP contribution in [0.4, 0.5) is 5.69 Å². The van der Waals surface area contributed by atoms with Gasteiger partial charge in [0.2, 0.25) is 0 Å². The van der Waals surface area contributed by atoms with E-state index in [9.17, 15) is 9.90 Å². The standard InChI is InChI=1S/C17H17NO3S/c1-21-12-6-4-5-11(9-10-12)16-15(19)17(20)18-13-7-2-3-8-14(13)22-16/h2-11,15-16,19H,1H3,(H,18,20)/t11?,15?,16-/m0/s1. The molecular weight excluding hydrogens is 298 g/mol. The van der Waals surface area contributed by atoms with Crippen molar-refractivity contribution in [1.29, 1.82) is 0 Å². The number of para-hydroxylation sites is 1. The van der Waals surface area contributed by atoms with Crippen LogP contribution in [0.1, 0.15) is 0 Å². The fourth-order valence-electron chi connectivity index (χ4n) is 2.49. The van der Waals surface area contributed by atoms with Gasteiger partial charge in [0.25, 0.3) is 5.91 Å². The van der Waals surface area contributed by atoms with Crippen molar-refractivity contribution in [2.45, 2.75) is 16.2 Å². The SMILES string of the molecule is COC1=CC=CC([C@@H]2Sc3ccccc3NC(=O)C2O)C=C1. The molecule has 5 heteroatoms. The molecular formula is C17H17NO3S. The van der Waals surface area contributed by atoms with Crippen LogP contribution in [-0.4, -0.2) is 29.5 Å². The molecule has 1 aliphatic heterocycles. The number of carbonyl (C=O) groups excluding carboxylic acids is 1. The fourth-order valence-corrected chi connectivity index (χ4v) is 3.78. The highest BCUT2D eigenvalue weighted by Gasteiger charge is 2.35. The van der Waals surface area contributed by atoms with Crippen molar-refractivity contribution in [3.63, 3.8) is 0 Å². The first kappa shape index (κ1) is 14.9. The van der Waals surface area contributed by atoms with E-state index in [1.54, 1.807) is 7.11 Å². The van der Waals surface area contributed by atoms with Crippen LogP contribution in [-0.2, 0) is 9.53 Å². The topological polar surface area (TPSA) is 58.6 Å². The fraction of sp³-hybridized carbons (Fsp3) is 0.235. The number of thioether (sulfide) groups is 1. The van der Waals surface area contributed by atoms with Gasteiger partial charge in [0.05, 0.1) is 18.0 Å². The summed E-state index contributed by atoms with van der Waals surface area (Å²) >= 11 is 1.51. The Kier molecular flexibility index (Phi) is 4.36. The second-order valence-corrected chi connectivity index (χ2v) is 6.33. The Morgan fingerprint density at radius 1 is 1.27 bits per heavy atom. The molecule has 22 heavy (non-hydrogen) atoms. The van der Waals surface area contributed by atoms with Gasteiger partial charge in [-0.1, -0.05) is 30.4 Å². The maximum absolute atomic E-state index is 12.2. The Hall–Kier alpha value is -1.98. The van der Waals surface area contributed by atoms with Gasteiger partial charge in [-0.2, -0.15) is 0 Å². The number of hydrogen-bond donors (Lipinski definition) is 2. The van der Waals surface area contributed by atoms with Crippen LogP contribution < -0.4 is 5.32 Å². The van der Waals surface area contributed by atoms with E-state index < -0.39 is 6.10 Å². The number of carbonyl (C=O) groups is 1. The molecule has 0 bridgehead atoms. The first-order valence-corrected chi connectivity index (χ1v) is 7.92. The molecule has 0 spiro atoms. The maximum atomic E-state index is 12.2. The first-order chi connectivity index (χ1) is 10.7. The lowest BCUT2D eigenvalue weighted by Gasteiger charge is -2.23. The number of rotatable bonds is 2. The zero-order valence-electron chi connectivity index (χ0n) is 12.1. The number of ether oxygens (including phenoxy) is 1. The maximum Gasteiger partial charge on any atom is 0.254 e. The number of amides is 1. The molecule has 0 aromatic heterocycles. The van der Waals surface area contributed by atoms with Gasteiger partial charge in [0.1, 0.15) is 11.9 Å². The molecule has 2 N–H and O–H groups in total. The number of hydrogen-bond acceptors (Lipinski definition) is 4. The van der Waals surface area contributed by atoms with Crippen molar-refractivity contribution >= 4 is 23.4 Å². The third kappa shape index (κ3) is 2.96. The molecule has 114 valence electrons. The van der Waals surface area contributed by atoms with Gasteiger partial charge in [-0.15, -0.1) is 11.8 Å². The largest absolute Gasteiger partial charge is 0.497 e. The van der Waals surface area contributed by atoms with E-state index in [1.807, 2.05) is 54.6 Å². The molecule has 1 aromatic rings.